The summed E-state index contributed by atoms with van der Waals surface area (Å²) < 4.78 is 42.4. The van der Waals surface area contributed by atoms with Crippen molar-refractivity contribution in [2.24, 2.45) is 5.92 Å². The van der Waals surface area contributed by atoms with Crippen molar-refractivity contribution < 1.29 is 27.5 Å². The molecule has 19 heavy (non-hydrogen) atoms. The first-order valence-electron chi connectivity index (χ1n) is 6.26. The van der Waals surface area contributed by atoms with E-state index in [9.17, 15) is 22.8 Å². The van der Waals surface area contributed by atoms with Gasteiger partial charge in [0.05, 0.1) is 6.10 Å². The first kappa shape index (κ1) is 15.8. The maximum atomic E-state index is 12.5. The average molecular weight is 281 g/mol. The fourth-order valence-electron chi connectivity index (χ4n) is 2.05. The number of carbonyl (C=O) groups is 2. The lowest BCUT2D eigenvalue weighted by Gasteiger charge is -2.27. The van der Waals surface area contributed by atoms with Gasteiger partial charge in [-0.2, -0.15) is 13.2 Å². The van der Waals surface area contributed by atoms with Gasteiger partial charge in [-0.25, -0.2) is 4.79 Å². The van der Waals surface area contributed by atoms with Crippen LogP contribution < -0.4 is 0 Å². The van der Waals surface area contributed by atoms with Gasteiger partial charge >= 0.3 is 18.1 Å². The van der Waals surface area contributed by atoms with Crippen molar-refractivity contribution in [2.75, 3.05) is 6.54 Å². The summed E-state index contributed by atoms with van der Waals surface area (Å²) >= 11 is 0. The van der Waals surface area contributed by atoms with Gasteiger partial charge in [-0.05, 0) is 25.7 Å². The number of alkyl halides is 3. The van der Waals surface area contributed by atoms with E-state index in [2.05, 4.69) is 0 Å². The SMILES string of the molecule is CCC(C)OC(=O)[C@@H]1[C@H](C)CCN1C(=O)C(F)(F)F. The molecule has 4 nitrogen and oxygen atoms in total. The second-order valence-electron chi connectivity index (χ2n) is 4.86. The molecule has 1 heterocycles. The molecule has 0 aliphatic carbocycles. The molecule has 1 aliphatic rings. The number of hydrogen-bond donors (Lipinski definition) is 0. The summed E-state index contributed by atoms with van der Waals surface area (Å²) in [6, 6.07) is -1.14. The third-order valence-corrected chi connectivity index (χ3v) is 3.34. The van der Waals surface area contributed by atoms with Crippen molar-refractivity contribution in [1.82, 2.24) is 4.90 Å². The van der Waals surface area contributed by atoms with E-state index in [0.717, 1.165) is 0 Å². The number of halogens is 3. The van der Waals surface area contributed by atoms with Crippen molar-refractivity contribution >= 4 is 11.9 Å². The third-order valence-electron chi connectivity index (χ3n) is 3.34. The van der Waals surface area contributed by atoms with Crippen LogP contribution >= 0.6 is 0 Å². The Morgan fingerprint density at radius 2 is 2.00 bits per heavy atom. The van der Waals surface area contributed by atoms with Gasteiger partial charge < -0.3 is 9.64 Å². The summed E-state index contributed by atoms with van der Waals surface area (Å²) in [7, 11) is 0. The standard InChI is InChI=1S/C12H18F3NO3/c1-4-8(3)19-10(17)9-7(2)5-6-16(9)11(18)12(13,14)15/h7-9H,4-6H2,1-3H3/t7-,8?,9+/m1/s1. The van der Waals surface area contributed by atoms with Crippen molar-refractivity contribution in [3.05, 3.63) is 0 Å². The van der Waals surface area contributed by atoms with Crippen LogP contribution in [0.3, 0.4) is 0 Å². The smallest absolute Gasteiger partial charge is 0.461 e. The van der Waals surface area contributed by atoms with Gasteiger partial charge in [-0.3, -0.25) is 4.79 Å². The Kier molecular flexibility index (Phi) is 4.81. The summed E-state index contributed by atoms with van der Waals surface area (Å²) in [5, 5.41) is 0. The molecule has 1 amide bonds. The molecule has 0 aromatic rings. The quantitative estimate of drug-likeness (QED) is 0.744. The molecule has 1 rings (SSSR count). The molecule has 1 saturated heterocycles. The predicted molar refractivity (Wildman–Crippen MR) is 61.2 cm³/mol. The molecule has 0 aromatic heterocycles. The number of hydrogen-bond acceptors (Lipinski definition) is 3. The molecule has 1 fully saturated rings. The van der Waals surface area contributed by atoms with Crippen molar-refractivity contribution in [3.8, 4) is 0 Å². The van der Waals surface area contributed by atoms with Gasteiger partial charge in [-0.1, -0.05) is 13.8 Å². The van der Waals surface area contributed by atoms with E-state index < -0.39 is 24.1 Å². The van der Waals surface area contributed by atoms with Crippen molar-refractivity contribution in [1.29, 1.82) is 0 Å². The lowest BCUT2D eigenvalue weighted by molar-refractivity contribution is -0.189. The molecule has 0 bridgehead atoms. The largest absolute Gasteiger partial charge is 0.471 e. The van der Waals surface area contributed by atoms with E-state index in [1.807, 2.05) is 0 Å². The Bertz CT molecular complexity index is 357. The number of ether oxygens (including phenoxy) is 1. The van der Waals surface area contributed by atoms with Crippen LogP contribution in [0.4, 0.5) is 13.2 Å². The number of rotatable bonds is 3. The van der Waals surface area contributed by atoms with E-state index in [1.165, 1.54) is 0 Å². The molecule has 3 atom stereocenters. The van der Waals surface area contributed by atoms with E-state index in [0.29, 0.717) is 17.7 Å². The van der Waals surface area contributed by atoms with Crippen LogP contribution in [0.5, 0.6) is 0 Å². The van der Waals surface area contributed by atoms with Crippen molar-refractivity contribution in [3.63, 3.8) is 0 Å². The topological polar surface area (TPSA) is 46.6 Å². The van der Waals surface area contributed by atoms with E-state index >= 15 is 0 Å². The summed E-state index contributed by atoms with van der Waals surface area (Å²) in [6.45, 7) is 5.04. The van der Waals surface area contributed by atoms with Crippen LogP contribution in [-0.2, 0) is 14.3 Å². The Balaban J connectivity index is 2.83. The summed E-state index contributed by atoms with van der Waals surface area (Å²) in [5.41, 5.74) is 0. The highest BCUT2D eigenvalue weighted by atomic mass is 19.4. The Morgan fingerprint density at radius 3 is 2.47 bits per heavy atom. The zero-order chi connectivity index (χ0) is 14.8. The normalized spacial score (nSPS) is 25.3. The second kappa shape index (κ2) is 5.79. The highest BCUT2D eigenvalue weighted by Crippen LogP contribution is 2.30. The van der Waals surface area contributed by atoms with Gasteiger partial charge in [0.25, 0.3) is 0 Å². The highest BCUT2D eigenvalue weighted by molar-refractivity contribution is 5.88. The third kappa shape index (κ3) is 3.61. The lowest BCUT2D eigenvalue weighted by atomic mass is 10.0. The number of amides is 1. The van der Waals surface area contributed by atoms with Crippen LogP contribution in [0.1, 0.15) is 33.6 Å². The van der Waals surface area contributed by atoms with Crippen LogP contribution in [-0.4, -0.2) is 41.6 Å². The zero-order valence-corrected chi connectivity index (χ0v) is 11.2. The van der Waals surface area contributed by atoms with Gasteiger partial charge in [0.1, 0.15) is 6.04 Å². The maximum absolute atomic E-state index is 12.5. The number of nitrogens with zero attached hydrogens (tertiary/aromatic N) is 1. The number of esters is 1. The fourth-order valence-corrected chi connectivity index (χ4v) is 2.05. The van der Waals surface area contributed by atoms with E-state index in [-0.39, 0.29) is 18.6 Å². The van der Waals surface area contributed by atoms with Gasteiger partial charge in [0, 0.05) is 6.54 Å². The predicted octanol–water partition coefficient (Wildman–Crippen LogP) is 2.13. The van der Waals surface area contributed by atoms with Crippen molar-refractivity contribution in [2.45, 2.75) is 51.9 Å². The minimum Gasteiger partial charge on any atom is -0.461 e. The molecule has 7 heteroatoms. The van der Waals surface area contributed by atoms with Gasteiger partial charge in [-0.15, -0.1) is 0 Å². The minimum absolute atomic E-state index is 0.0697. The molecule has 0 radical (unpaired) electrons. The summed E-state index contributed by atoms with van der Waals surface area (Å²) in [6.07, 6.45) is -4.40. The molecule has 0 spiro atoms. The Morgan fingerprint density at radius 1 is 1.42 bits per heavy atom. The summed E-state index contributed by atoms with van der Waals surface area (Å²) in [5.74, 6) is -3.05. The molecular formula is C12H18F3NO3. The molecule has 1 unspecified atom stereocenters. The molecule has 0 aromatic carbocycles. The highest BCUT2D eigenvalue weighted by Gasteiger charge is 2.50. The van der Waals surface area contributed by atoms with Gasteiger partial charge in [0.2, 0.25) is 0 Å². The van der Waals surface area contributed by atoms with Crippen LogP contribution in [0.2, 0.25) is 0 Å². The van der Waals surface area contributed by atoms with Crippen LogP contribution in [0.15, 0.2) is 0 Å². The molecule has 1 aliphatic heterocycles. The molecule has 0 N–H and O–H groups in total. The Hall–Kier alpha value is -1.27. The second-order valence-corrected chi connectivity index (χ2v) is 4.86. The molecule has 0 saturated carbocycles. The fraction of sp³-hybridized carbons (Fsp3) is 0.833. The summed E-state index contributed by atoms with van der Waals surface area (Å²) in [4.78, 5) is 23.7. The number of carbonyl (C=O) groups excluding carboxylic acids is 2. The minimum atomic E-state index is -4.96. The van der Waals surface area contributed by atoms with Crippen LogP contribution in [0, 0.1) is 5.92 Å². The first-order valence-corrected chi connectivity index (χ1v) is 6.26. The monoisotopic (exact) mass is 281 g/mol. The van der Waals surface area contributed by atoms with Crippen LogP contribution in [0.25, 0.3) is 0 Å². The average Bonchev–Trinajstić information content (AvgIpc) is 2.68. The Labute approximate surface area is 109 Å². The lowest BCUT2D eigenvalue weighted by Crippen LogP contribution is -2.49. The molecular weight excluding hydrogens is 263 g/mol. The maximum Gasteiger partial charge on any atom is 0.471 e. The van der Waals surface area contributed by atoms with E-state index in [4.69, 9.17) is 4.74 Å². The zero-order valence-electron chi connectivity index (χ0n) is 11.2. The first-order chi connectivity index (χ1) is 8.68. The number of likely N-dealkylation sites (tertiary alicyclic amines) is 1. The van der Waals surface area contributed by atoms with Gasteiger partial charge in [0.15, 0.2) is 0 Å². The van der Waals surface area contributed by atoms with E-state index in [1.54, 1.807) is 20.8 Å². The molecule has 110 valence electrons.